The first kappa shape index (κ1) is 15.2. The molecule has 2 aromatic rings. The minimum Gasteiger partial charge on any atom is -0.361 e. The number of rotatable bonds is 4. The van der Waals surface area contributed by atoms with Crippen LogP contribution in [0.25, 0.3) is 0 Å². The third-order valence-corrected chi connectivity index (χ3v) is 3.75. The van der Waals surface area contributed by atoms with Gasteiger partial charge in [0, 0.05) is 18.8 Å². The van der Waals surface area contributed by atoms with E-state index >= 15 is 0 Å². The molecule has 7 heteroatoms. The lowest BCUT2D eigenvalue weighted by Gasteiger charge is -2.32. The van der Waals surface area contributed by atoms with Gasteiger partial charge < -0.3 is 14.7 Å². The van der Waals surface area contributed by atoms with E-state index in [1.165, 1.54) is 0 Å². The number of aromatic nitrogens is 2. The number of pyridine rings is 1. The summed E-state index contributed by atoms with van der Waals surface area (Å²) in [4.78, 5) is 30.4. The SMILES string of the molecule is Cc1cc(CC(=O)N[C@@H]2CCCN(c3cccnc3)C2=O)no1. The molecule has 0 spiro atoms. The number of amides is 2. The Morgan fingerprint density at radius 1 is 1.52 bits per heavy atom. The molecular weight excluding hydrogens is 296 g/mol. The maximum absolute atomic E-state index is 12.6. The number of carbonyl (C=O) groups is 2. The van der Waals surface area contributed by atoms with Gasteiger partial charge in [-0.1, -0.05) is 5.16 Å². The summed E-state index contributed by atoms with van der Waals surface area (Å²) >= 11 is 0. The molecule has 0 aromatic carbocycles. The second kappa shape index (κ2) is 6.60. The Balaban J connectivity index is 1.63. The van der Waals surface area contributed by atoms with Crippen LogP contribution in [0.5, 0.6) is 0 Å². The number of anilines is 1. The van der Waals surface area contributed by atoms with Crippen LogP contribution < -0.4 is 10.2 Å². The van der Waals surface area contributed by atoms with Gasteiger partial charge in [0.2, 0.25) is 11.8 Å². The van der Waals surface area contributed by atoms with Gasteiger partial charge >= 0.3 is 0 Å². The van der Waals surface area contributed by atoms with E-state index in [1.54, 1.807) is 36.4 Å². The summed E-state index contributed by atoms with van der Waals surface area (Å²) < 4.78 is 4.94. The molecule has 2 amide bonds. The highest BCUT2D eigenvalue weighted by Gasteiger charge is 2.30. The smallest absolute Gasteiger partial charge is 0.249 e. The second-order valence-corrected chi connectivity index (χ2v) is 5.57. The molecule has 1 atom stereocenters. The van der Waals surface area contributed by atoms with E-state index in [9.17, 15) is 9.59 Å². The number of nitrogens with zero attached hydrogens (tertiary/aromatic N) is 3. The summed E-state index contributed by atoms with van der Waals surface area (Å²) in [5.74, 6) is 0.322. The molecule has 0 bridgehead atoms. The van der Waals surface area contributed by atoms with Crippen molar-refractivity contribution < 1.29 is 14.1 Å². The summed E-state index contributed by atoms with van der Waals surface area (Å²) in [5.41, 5.74) is 1.32. The van der Waals surface area contributed by atoms with Crippen LogP contribution in [0.3, 0.4) is 0 Å². The van der Waals surface area contributed by atoms with Crippen LogP contribution in [0, 0.1) is 6.92 Å². The highest BCUT2D eigenvalue weighted by molar-refractivity contribution is 5.99. The number of hydrogen-bond acceptors (Lipinski definition) is 5. The summed E-state index contributed by atoms with van der Waals surface area (Å²) in [5, 5.41) is 6.58. The Bertz CT molecular complexity index is 698. The van der Waals surface area contributed by atoms with Crippen LogP contribution in [0.2, 0.25) is 0 Å². The molecule has 23 heavy (non-hydrogen) atoms. The van der Waals surface area contributed by atoms with Crippen molar-refractivity contribution in [2.24, 2.45) is 0 Å². The van der Waals surface area contributed by atoms with Crippen molar-refractivity contribution in [3.05, 3.63) is 42.0 Å². The predicted molar refractivity (Wildman–Crippen MR) is 82.7 cm³/mol. The monoisotopic (exact) mass is 314 g/mol. The zero-order valence-electron chi connectivity index (χ0n) is 12.9. The Morgan fingerprint density at radius 2 is 2.39 bits per heavy atom. The van der Waals surface area contributed by atoms with Crippen LogP contribution in [0.1, 0.15) is 24.3 Å². The number of nitrogens with one attached hydrogen (secondary N) is 1. The molecule has 1 fully saturated rings. The van der Waals surface area contributed by atoms with Crippen molar-refractivity contribution >= 4 is 17.5 Å². The summed E-state index contributed by atoms with van der Waals surface area (Å²) in [6.45, 7) is 2.41. The van der Waals surface area contributed by atoms with Gasteiger partial charge in [-0.3, -0.25) is 14.6 Å². The molecule has 0 aliphatic carbocycles. The first-order valence-corrected chi connectivity index (χ1v) is 7.56. The highest BCUT2D eigenvalue weighted by atomic mass is 16.5. The van der Waals surface area contributed by atoms with Gasteiger partial charge in [-0.05, 0) is 31.9 Å². The Labute approximate surface area is 133 Å². The quantitative estimate of drug-likeness (QED) is 0.917. The predicted octanol–water partition coefficient (Wildman–Crippen LogP) is 1.23. The number of carbonyl (C=O) groups excluding carboxylic acids is 2. The first-order chi connectivity index (χ1) is 11.1. The van der Waals surface area contributed by atoms with Gasteiger partial charge in [0.1, 0.15) is 11.8 Å². The molecular formula is C16H18N4O3. The van der Waals surface area contributed by atoms with E-state index in [1.807, 2.05) is 6.07 Å². The zero-order valence-corrected chi connectivity index (χ0v) is 12.9. The molecule has 3 rings (SSSR count). The van der Waals surface area contributed by atoms with Gasteiger partial charge in [0.25, 0.3) is 0 Å². The van der Waals surface area contributed by atoms with E-state index in [-0.39, 0.29) is 18.2 Å². The van der Waals surface area contributed by atoms with Crippen molar-refractivity contribution in [2.45, 2.75) is 32.2 Å². The lowest BCUT2D eigenvalue weighted by Crippen LogP contribution is -2.52. The number of hydrogen-bond donors (Lipinski definition) is 1. The van der Waals surface area contributed by atoms with E-state index in [2.05, 4.69) is 15.5 Å². The molecule has 3 heterocycles. The standard InChI is InChI=1S/C16H18N4O3/c1-11-8-12(19-23-11)9-15(21)18-14-5-3-7-20(16(14)22)13-4-2-6-17-10-13/h2,4,6,8,10,14H,3,5,7,9H2,1H3,(H,18,21)/t14-/m1/s1. The Kier molecular flexibility index (Phi) is 4.36. The largest absolute Gasteiger partial charge is 0.361 e. The molecule has 120 valence electrons. The first-order valence-electron chi connectivity index (χ1n) is 7.56. The average molecular weight is 314 g/mol. The molecule has 1 aliphatic heterocycles. The van der Waals surface area contributed by atoms with E-state index in [0.717, 1.165) is 12.1 Å². The van der Waals surface area contributed by atoms with Crippen LogP contribution in [0.15, 0.2) is 35.1 Å². The Hall–Kier alpha value is -2.70. The molecule has 0 radical (unpaired) electrons. The van der Waals surface area contributed by atoms with Crippen LogP contribution in [0.4, 0.5) is 5.69 Å². The molecule has 7 nitrogen and oxygen atoms in total. The van der Waals surface area contributed by atoms with E-state index < -0.39 is 6.04 Å². The average Bonchev–Trinajstić information content (AvgIpc) is 2.95. The molecule has 0 saturated carbocycles. The molecule has 0 unspecified atom stereocenters. The summed E-state index contributed by atoms with van der Waals surface area (Å²) in [7, 11) is 0. The van der Waals surface area contributed by atoms with Crippen molar-refractivity contribution in [3.8, 4) is 0 Å². The zero-order chi connectivity index (χ0) is 16.2. The van der Waals surface area contributed by atoms with Crippen LogP contribution in [-0.4, -0.2) is 34.5 Å². The molecule has 2 aromatic heterocycles. The fourth-order valence-electron chi connectivity index (χ4n) is 2.69. The van der Waals surface area contributed by atoms with Gasteiger partial charge in [-0.2, -0.15) is 0 Å². The number of aryl methyl sites for hydroxylation is 1. The van der Waals surface area contributed by atoms with Crippen LogP contribution >= 0.6 is 0 Å². The minimum absolute atomic E-state index is 0.103. The lowest BCUT2D eigenvalue weighted by molar-refractivity contribution is -0.128. The highest BCUT2D eigenvalue weighted by Crippen LogP contribution is 2.20. The molecule has 1 saturated heterocycles. The normalized spacial score (nSPS) is 18.0. The number of piperidine rings is 1. The fraction of sp³-hybridized carbons (Fsp3) is 0.375. The van der Waals surface area contributed by atoms with Crippen LogP contribution in [-0.2, 0) is 16.0 Å². The van der Waals surface area contributed by atoms with E-state index in [4.69, 9.17) is 4.52 Å². The van der Waals surface area contributed by atoms with Crippen molar-refractivity contribution in [1.29, 1.82) is 0 Å². The third kappa shape index (κ3) is 3.56. The second-order valence-electron chi connectivity index (χ2n) is 5.57. The molecule has 1 N–H and O–H groups in total. The van der Waals surface area contributed by atoms with E-state index in [0.29, 0.717) is 24.4 Å². The minimum atomic E-state index is -0.510. The van der Waals surface area contributed by atoms with Crippen molar-refractivity contribution in [2.75, 3.05) is 11.4 Å². The van der Waals surface area contributed by atoms with Gasteiger partial charge in [-0.15, -0.1) is 0 Å². The maximum atomic E-state index is 12.6. The maximum Gasteiger partial charge on any atom is 0.249 e. The summed E-state index contributed by atoms with van der Waals surface area (Å²) in [6, 6.07) is 4.83. The summed E-state index contributed by atoms with van der Waals surface area (Å²) in [6.07, 6.45) is 4.89. The molecule has 1 aliphatic rings. The topological polar surface area (TPSA) is 88.3 Å². The Morgan fingerprint density at radius 3 is 3.09 bits per heavy atom. The third-order valence-electron chi connectivity index (χ3n) is 3.75. The lowest BCUT2D eigenvalue weighted by atomic mass is 10.0. The van der Waals surface area contributed by atoms with Gasteiger partial charge in [0.05, 0.1) is 24.0 Å². The van der Waals surface area contributed by atoms with Gasteiger partial charge in [0.15, 0.2) is 0 Å². The van der Waals surface area contributed by atoms with Gasteiger partial charge in [-0.25, -0.2) is 0 Å². The van der Waals surface area contributed by atoms with Crippen molar-refractivity contribution in [3.63, 3.8) is 0 Å². The van der Waals surface area contributed by atoms with Crippen molar-refractivity contribution in [1.82, 2.24) is 15.5 Å². The fourth-order valence-corrected chi connectivity index (χ4v) is 2.69.